The first-order valence-electron chi connectivity index (χ1n) is 14.4. The maximum Gasteiger partial charge on any atom is 0.247 e. The van der Waals surface area contributed by atoms with Crippen molar-refractivity contribution in [3.8, 4) is 17.0 Å². The number of hydrogen-bond acceptors (Lipinski definition) is 7. The second-order valence-corrected chi connectivity index (χ2v) is 9.76. The number of carbonyl (C=O) groups excluding carboxylic acids is 1. The van der Waals surface area contributed by atoms with Crippen molar-refractivity contribution in [1.29, 1.82) is 0 Å². The van der Waals surface area contributed by atoms with E-state index in [9.17, 15) is 4.79 Å². The highest BCUT2D eigenvalue weighted by Crippen LogP contribution is 2.39. The zero-order valence-electron chi connectivity index (χ0n) is 25.5. The van der Waals surface area contributed by atoms with E-state index in [1.165, 1.54) is 23.1 Å². The summed E-state index contributed by atoms with van der Waals surface area (Å²) in [5.74, 6) is 0.213. The van der Waals surface area contributed by atoms with E-state index in [0.717, 1.165) is 42.1 Å². The first-order valence-corrected chi connectivity index (χ1v) is 12.9. The Morgan fingerprint density at radius 3 is 2.90 bits per heavy atom. The fourth-order valence-electron chi connectivity index (χ4n) is 4.91. The molecule has 2 aromatic carbocycles. The van der Waals surface area contributed by atoms with Gasteiger partial charge in [0, 0.05) is 60.1 Å². The predicted molar refractivity (Wildman–Crippen MR) is 158 cm³/mol. The number of rotatable bonds is 10. The van der Waals surface area contributed by atoms with Gasteiger partial charge >= 0.3 is 0 Å². The molecule has 4 aromatic rings. The quantitative estimate of drug-likeness (QED) is 0.283. The molecule has 0 bridgehead atoms. The van der Waals surface area contributed by atoms with Gasteiger partial charge in [-0.3, -0.25) is 4.79 Å². The van der Waals surface area contributed by atoms with Gasteiger partial charge in [0.2, 0.25) is 11.9 Å². The first kappa shape index (κ1) is 22.6. The van der Waals surface area contributed by atoms with Crippen molar-refractivity contribution in [2.75, 3.05) is 56.8 Å². The molecule has 1 aliphatic heterocycles. The van der Waals surface area contributed by atoms with Gasteiger partial charge in [-0.05, 0) is 50.7 Å². The van der Waals surface area contributed by atoms with Crippen molar-refractivity contribution in [3.05, 3.63) is 67.0 Å². The van der Waals surface area contributed by atoms with Crippen LogP contribution in [-0.2, 0) is 17.8 Å². The number of ether oxygens (including phenoxy) is 1. The van der Waals surface area contributed by atoms with Gasteiger partial charge in [0.25, 0.3) is 0 Å². The first-order chi connectivity index (χ1) is 20.1. The van der Waals surface area contributed by atoms with Crippen LogP contribution in [0.2, 0.25) is 0 Å². The number of carbonyl (C=O) groups is 1. The third-order valence-electron chi connectivity index (χ3n) is 6.83. The van der Waals surface area contributed by atoms with Crippen LogP contribution in [0.5, 0.6) is 5.75 Å². The highest BCUT2D eigenvalue weighted by molar-refractivity contribution is 6.02. The lowest BCUT2D eigenvalue weighted by molar-refractivity contribution is -0.111. The summed E-state index contributed by atoms with van der Waals surface area (Å²) < 4.78 is 32.5. The molecule has 39 heavy (non-hydrogen) atoms. The van der Waals surface area contributed by atoms with Gasteiger partial charge in [-0.25, -0.2) is 9.97 Å². The lowest BCUT2D eigenvalue weighted by Gasteiger charge is -2.26. The molecule has 2 aromatic heterocycles. The molecule has 0 atom stereocenters. The highest BCUT2D eigenvalue weighted by Gasteiger charge is 2.19. The number of anilines is 4. The number of likely N-dealkylation sites (N-methyl/N-ethyl adjacent to an activating group) is 2. The average Bonchev–Trinajstić information content (AvgIpc) is 3.34. The molecule has 2 N–H and O–H groups in total. The third-order valence-corrected chi connectivity index (χ3v) is 6.83. The SMILES string of the molecule is [2H]C([2H])([2H])N(CCN(C)C)c1cc(OC)c(Nc2nccc(-c3cn4c5c(cccc35)CCC4)n2)cc1NC(=O)C=C. The molecule has 9 heteroatoms. The Labute approximate surface area is 233 Å². The van der Waals surface area contributed by atoms with Crippen LogP contribution < -0.4 is 20.3 Å². The Bertz CT molecular complexity index is 1630. The summed E-state index contributed by atoms with van der Waals surface area (Å²) in [5.41, 5.74) is 5.41. The molecule has 0 unspecified atom stereocenters. The Balaban J connectivity index is 1.54. The largest absolute Gasteiger partial charge is 0.494 e. The molecule has 0 fully saturated rings. The summed E-state index contributed by atoms with van der Waals surface area (Å²) in [7, 11) is 5.23. The Morgan fingerprint density at radius 2 is 2.13 bits per heavy atom. The number of benzene rings is 2. The van der Waals surface area contributed by atoms with E-state index in [-0.39, 0.29) is 12.2 Å². The van der Waals surface area contributed by atoms with Gasteiger partial charge in [-0.1, -0.05) is 24.8 Å². The van der Waals surface area contributed by atoms with Crippen LogP contribution in [0.4, 0.5) is 23.0 Å². The minimum absolute atomic E-state index is 0.191. The van der Waals surface area contributed by atoms with Crippen LogP contribution in [0.1, 0.15) is 16.1 Å². The lowest BCUT2D eigenvalue weighted by Crippen LogP contribution is -2.29. The fraction of sp³-hybridized carbons (Fsp3) is 0.300. The Kier molecular flexibility index (Phi) is 6.47. The summed E-state index contributed by atoms with van der Waals surface area (Å²) in [5, 5.41) is 7.12. The second kappa shape index (κ2) is 11.2. The molecular weight excluding hydrogens is 490 g/mol. The molecule has 0 saturated heterocycles. The molecule has 5 rings (SSSR count). The van der Waals surface area contributed by atoms with Gasteiger partial charge in [-0.2, -0.15) is 0 Å². The molecule has 3 heterocycles. The van der Waals surface area contributed by atoms with E-state index in [1.54, 1.807) is 18.3 Å². The zero-order valence-corrected chi connectivity index (χ0v) is 22.5. The van der Waals surface area contributed by atoms with Gasteiger partial charge in [0.05, 0.1) is 35.4 Å². The van der Waals surface area contributed by atoms with Gasteiger partial charge < -0.3 is 29.7 Å². The van der Waals surface area contributed by atoms with Gasteiger partial charge in [0.1, 0.15) is 5.75 Å². The summed E-state index contributed by atoms with van der Waals surface area (Å²) in [6, 6.07) is 11.5. The number of aromatic nitrogens is 3. The van der Waals surface area contributed by atoms with Crippen molar-refractivity contribution in [1.82, 2.24) is 19.4 Å². The molecular formula is C30H35N7O2. The average molecular weight is 529 g/mol. The summed E-state index contributed by atoms with van der Waals surface area (Å²) in [6.07, 6.45) is 7.13. The highest BCUT2D eigenvalue weighted by atomic mass is 16.5. The van der Waals surface area contributed by atoms with Crippen molar-refractivity contribution >= 4 is 39.8 Å². The van der Waals surface area contributed by atoms with E-state index in [4.69, 9.17) is 13.8 Å². The molecule has 0 saturated carbocycles. The van der Waals surface area contributed by atoms with Crippen LogP contribution in [0.3, 0.4) is 0 Å². The number of methoxy groups -OCH3 is 1. The number of nitrogens with zero attached hydrogens (tertiary/aromatic N) is 5. The van der Waals surface area contributed by atoms with Crippen molar-refractivity contribution in [3.63, 3.8) is 0 Å². The van der Waals surface area contributed by atoms with Gasteiger partial charge in [-0.15, -0.1) is 0 Å². The molecule has 1 aliphatic rings. The molecule has 1 amide bonds. The maximum atomic E-state index is 12.4. The molecule has 9 nitrogen and oxygen atoms in total. The number of nitrogens with one attached hydrogen (secondary N) is 2. The van der Waals surface area contributed by atoms with Gasteiger partial charge in [0.15, 0.2) is 0 Å². The van der Waals surface area contributed by atoms with Crippen molar-refractivity contribution < 1.29 is 13.6 Å². The monoisotopic (exact) mass is 528 g/mol. The summed E-state index contributed by atoms with van der Waals surface area (Å²) in [4.78, 5) is 24.8. The number of aryl methyl sites for hydroxylation is 2. The molecule has 0 radical (unpaired) electrons. The standard InChI is InChI=1S/C30H35N7O2/c1-6-28(38)32-24-17-25(27(39-5)18-26(24)36(4)16-15-35(2)3)34-30-31-13-12-23(33-30)22-19-37-14-8-10-20-9-7-11-21(22)29(20)37/h6-7,9,11-13,17-19H,1,8,10,14-16H2,2-5H3,(H,32,38)(H,31,33,34)/i4D3. The molecule has 0 spiro atoms. The van der Waals surface area contributed by atoms with Crippen LogP contribution in [0.25, 0.3) is 22.2 Å². The molecule has 0 aliphatic carbocycles. The number of amides is 1. The molecule has 202 valence electrons. The summed E-state index contributed by atoms with van der Waals surface area (Å²) in [6.45, 7) is 2.70. The van der Waals surface area contributed by atoms with Crippen LogP contribution >= 0.6 is 0 Å². The minimum Gasteiger partial charge on any atom is -0.494 e. The van der Waals surface area contributed by atoms with E-state index >= 15 is 0 Å². The van der Waals surface area contributed by atoms with Crippen molar-refractivity contribution in [2.24, 2.45) is 0 Å². The van der Waals surface area contributed by atoms with Crippen LogP contribution in [0.15, 0.2) is 61.4 Å². The van der Waals surface area contributed by atoms with Crippen LogP contribution in [-0.4, -0.2) is 66.6 Å². The third kappa shape index (κ3) is 5.44. The van der Waals surface area contributed by atoms with Crippen molar-refractivity contribution in [2.45, 2.75) is 19.4 Å². The zero-order chi connectivity index (χ0) is 30.0. The summed E-state index contributed by atoms with van der Waals surface area (Å²) >= 11 is 0. The maximum absolute atomic E-state index is 12.4. The van der Waals surface area contributed by atoms with E-state index in [1.807, 2.05) is 25.1 Å². The number of hydrogen-bond donors (Lipinski definition) is 2. The Morgan fingerprint density at radius 1 is 1.26 bits per heavy atom. The lowest BCUT2D eigenvalue weighted by atomic mass is 10.0. The predicted octanol–water partition coefficient (Wildman–Crippen LogP) is 4.92. The van der Waals surface area contributed by atoms with E-state index in [0.29, 0.717) is 29.6 Å². The van der Waals surface area contributed by atoms with E-state index < -0.39 is 12.9 Å². The smallest absolute Gasteiger partial charge is 0.247 e. The fourth-order valence-corrected chi connectivity index (χ4v) is 4.91. The van der Waals surface area contributed by atoms with E-state index in [2.05, 4.69) is 51.2 Å². The second-order valence-electron chi connectivity index (χ2n) is 9.76. The Hall–Kier alpha value is -4.37. The van der Waals surface area contributed by atoms with Crippen LogP contribution in [0, 0.1) is 0 Å². The normalized spacial score (nSPS) is 13.9. The number of para-hydroxylation sites is 1. The minimum atomic E-state index is -2.47. The topological polar surface area (TPSA) is 87.6 Å².